The van der Waals surface area contributed by atoms with Gasteiger partial charge in [0.1, 0.15) is 5.75 Å². The van der Waals surface area contributed by atoms with Crippen LogP contribution in [-0.4, -0.2) is 43.8 Å². The number of thiazole rings is 1. The first kappa shape index (κ1) is 29.4. The van der Waals surface area contributed by atoms with Crippen LogP contribution in [0.5, 0.6) is 5.75 Å². The summed E-state index contributed by atoms with van der Waals surface area (Å²) in [4.78, 5) is 17.6. The summed E-state index contributed by atoms with van der Waals surface area (Å²) in [6.45, 7) is 11.8. The highest BCUT2D eigenvalue weighted by Crippen LogP contribution is 2.40. The Kier molecular flexibility index (Phi) is 9.99. The lowest BCUT2D eigenvalue weighted by atomic mass is 9.86. The van der Waals surface area contributed by atoms with E-state index >= 15 is 0 Å². The Labute approximate surface area is 225 Å². The molecule has 0 unspecified atom stereocenters. The summed E-state index contributed by atoms with van der Waals surface area (Å²) in [5.41, 5.74) is -0.00223. The Morgan fingerprint density at radius 3 is 2.51 bits per heavy atom. The number of amides is 1. The molecule has 0 aliphatic heterocycles. The summed E-state index contributed by atoms with van der Waals surface area (Å²) < 4.78 is 40.6. The summed E-state index contributed by atoms with van der Waals surface area (Å²) in [5.74, 6) is 0.820. The zero-order chi connectivity index (χ0) is 27.2. The van der Waals surface area contributed by atoms with Crippen molar-refractivity contribution in [2.24, 2.45) is 0 Å². The van der Waals surface area contributed by atoms with Crippen molar-refractivity contribution in [3.05, 3.63) is 29.4 Å². The number of nitrogens with one attached hydrogen (secondary N) is 2. The average Bonchev–Trinajstić information content (AvgIpc) is 3.28. The molecule has 1 aliphatic carbocycles. The average molecular weight is 552 g/mol. The van der Waals surface area contributed by atoms with E-state index in [9.17, 15) is 13.2 Å². The van der Waals surface area contributed by atoms with E-state index in [-0.39, 0.29) is 29.1 Å². The number of unbranched alkanes of at least 4 members (excludes halogenated alkanes) is 1. The van der Waals surface area contributed by atoms with Crippen LogP contribution in [-0.2, 0) is 14.8 Å². The van der Waals surface area contributed by atoms with Gasteiger partial charge in [-0.25, -0.2) is 22.9 Å². The quantitative estimate of drug-likeness (QED) is 0.339. The van der Waals surface area contributed by atoms with Crippen molar-refractivity contribution in [2.45, 2.75) is 109 Å². The zero-order valence-corrected chi connectivity index (χ0v) is 24.4. The fraction of sp³-hybridized carbons (Fsp3) is 0.630. The van der Waals surface area contributed by atoms with Gasteiger partial charge >= 0.3 is 6.09 Å². The number of hydrogen-bond acceptors (Lipinski definition) is 7. The minimum atomic E-state index is -3.80. The van der Waals surface area contributed by atoms with Crippen LogP contribution in [0, 0.1) is 0 Å². The van der Waals surface area contributed by atoms with Crippen LogP contribution in [0.3, 0.4) is 0 Å². The molecule has 1 saturated carbocycles. The molecule has 37 heavy (non-hydrogen) atoms. The third kappa shape index (κ3) is 8.68. The first-order valence-electron chi connectivity index (χ1n) is 13.1. The largest absolute Gasteiger partial charge is 0.494 e. The SMILES string of the molecule is CCCCOc1ccc(-c2cnc(C3CCC(NC(=O)OC(C)C)CC3)s2)c(S(=O)(=O)NC(C)(C)C)c1. The smallest absolute Gasteiger partial charge is 0.407 e. The van der Waals surface area contributed by atoms with Crippen molar-refractivity contribution in [1.82, 2.24) is 15.0 Å². The molecule has 1 fully saturated rings. The minimum Gasteiger partial charge on any atom is -0.494 e. The van der Waals surface area contributed by atoms with Gasteiger partial charge in [0.2, 0.25) is 10.0 Å². The number of carbonyl (C=O) groups excluding carboxylic acids is 1. The van der Waals surface area contributed by atoms with Crippen molar-refractivity contribution < 1.29 is 22.7 Å². The van der Waals surface area contributed by atoms with E-state index in [0.29, 0.717) is 17.9 Å². The lowest BCUT2D eigenvalue weighted by Crippen LogP contribution is -2.40. The summed E-state index contributed by atoms with van der Waals surface area (Å²) in [6, 6.07) is 5.36. The van der Waals surface area contributed by atoms with Gasteiger partial charge in [-0.2, -0.15) is 0 Å². The van der Waals surface area contributed by atoms with Crippen LogP contribution >= 0.6 is 11.3 Å². The highest BCUT2D eigenvalue weighted by Gasteiger charge is 2.29. The molecule has 0 atom stereocenters. The molecule has 0 bridgehead atoms. The first-order valence-corrected chi connectivity index (χ1v) is 15.4. The maximum absolute atomic E-state index is 13.4. The van der Waals surface area contributed by atoms with Crippen LogP contribution in [0.4, 0.5) is 4.79 Å². The molecule has 1 aromatic carbocycles. The van der Waals surface area contributed by atoms with Crippen LogP contribution in [0.15, 0.2) is 29.3 Å². The molecule has 0 spiro atoms. The Balaban J connectivity index is 1.79. The third-order valence-electron chi connectivity index (χ3n) is 5.98. The van der Waals surface area contributed by atoms with E-state index in [0.717, 1.165) is 48.4 Å². The van der Waals surface area contributed by atoms with Gasteiger partial charge < -0.3 is 14.8 Å². The molecule has 8 nitrogen and oxygen atoms in total. The van der Waals surface area contributed by atoms with Gasteiger partial charge in [-0.05, 0) is 78.9 Å². The van der Waals surface area contributed by atoms with Gasteiger partial charge in [0.25, 0.3) is 0 Å². The Bertz CT molecular complexity index is 1150. The molecule has 1 aliphatic rings. The fourth-order valence-electron chi connectivity index (χ4n) is 4.31. The number of nitrogens with zero attached hydrogens (tertiary/aromatic N) is 1. The molecule has 10 heteroatoms. The molecule has 206 valence electrons. The van der Waals surface area contributed by atoms with E-state index in [1.54, 1.807) is 12.3 Å². The van der Waals surface area contributed by atoms with E-state index in [1.807, 2.05) is 46.8 Å². The molecule has 1 aromatic heterocycles. The summed E-state index contributed by atoms with van der Waals surface area (Å²) in [5, 5.41) is 3.95. The molecule has 0 saturated heterocycles. The highest BCUT2D eigenvalue weighted by atomic mass is 32.2. The Morgan fingerprint density at radius 2 is 1.89 bits per heavy atom. The number of benzene rings is 1. The van der Waals surface area contributed by atoms with Gasteiger partial charge in [-0.1, -0.05) is 13.3 Å². The molecule has 2 aromatic rings. The highest BCUT2D eigenvalue weighted by molar-refractivity contribution is 7.89. The van der Waals surface area contributed by atoms with Crippen LogP contribution in [0.25, 0.3) is 10.4 Å². The van der Waals surface area contributed by atoms with E-state index < -0.39 is 15.6 Å². The van der Waals surface area contributed by atoms with E-state index in [4.69, 9.17) is 9.47 Å². The Morgan fingerprint density at radius 1 is 1.19 bits per heavy atom. The number of carbonyl (C=O) groups is 1. The van der Waals surface area contributed by atoms with Crippen LogP contribution in [0.1, 0.15) is 91.0 Å². The second-order valence-electron chi connectivity index (χ2n) is 10.9. The van der Waals surface area contributed by atoms with Gasteiger partial charge in [0.05, 0.1) is 27.5 Å². The van der Waals surface area contributed by atoms with Crippen molar-refractivity contribution in [1.29, 1.82) is 0 Å². The van der Waals surface area contributed by atoms with Gasteiger partial charge in [-0.15, -0.1) is 11.3 Å². The van der Waals surface area contributed by atoms with Gasteiger partial charge in [0.15, 0.2) is 0 Å². The standard InChI is InChI=1S/C27H41N3O5S2/c1-7-8-15-34-21-13-14-22(24(16-21)37(32,33)30-27(4,5)6)23-17-28-25(36-23)19-9-11-20(12-10-19)29-26(31)35-18(2)3/h13-14,16-20,30H,7-12,15H2,1-6H3,(H,29,31). The molecular weight excluding hydrogens is 510 g/mol. The van der Waals surface area contributed by atoms with Crippen molar-refractivity contribution in [2.75, 3.05) is 6.61 Å². The molecule has 0 radical (unpaired) electrons. The van der Waals surface area contributed by atoms with Crippen LogP contribution < -0.4 is 14.8 Å². The molecule has 3 rings (SSSR count). The molecule has 1 amide bonds. The number of rotatable bonds is 10. The lowest BCUT2D eigenvalue weighted by molar-refractivity contribution is 0.109. The molecule has 1 heterocycles. The maximum atomic E-state index is 13.4. The summed E-state index contributed by atoms with van der Waals surface area (Å²) in [6.07, 6.45) is 6.67. The first-order chi connectivity index (χ1) is 17.4. The van der Waals surface area contributed by atoms with Crippen molar-refractivity contribution in [3.63, 3.8) is 0 Å². The summed E-state index contributed by atoms with van der Waals surface area (Å²) in [7, 11) is -3.80. The zero-order valence-electron chi connectivity index (χ0n) is 22.8. The fourth-order valence-corrected chi connectivity index (χ4v) is 7.16. The number of aromatic nitrogens is 1. The normalized spacial score (nSPS) is 18.6. The lowest BCUT2D eigenvalue weighted by Gasteiger charge is -2.28. The van der Waals surface area contributed by atoms with Gasteiger partial charge in [-0.3, -0.25) is 0 Å². The second kappa shape index (κ2) is 12.6. The van der Waals surface area contributed by atoms with Crippen LogP contribution in [0.2, 0.25) is 0 Å². The monoisotopic (exact) mass is 551 g/mol. The van der Waals surface area contributed by atoms with Crippen molar-refractivity contribution >= 4 is 27.5 Å². The number of alkyl carbamates (subject to hydrolysis) is 1. The third-order valence-corrected chi connectivity index (χ3v) is 8.97. The van der Waals surface area contributed by atoms with E-state index in [1.165, 1.54) is 11.3 Å². The number of hydrogen-bond donors (Lipinski definition) is 2. The maximum Gasteiger partial charge on any atom is 0.407 e. The summed E-state index contributed by atoms with van der Waals surface area (Å²) >= 11 is 1.54. The Hall–Kier alpha value is -2.17. The van der Waals surface area contributed by atoms with Gasteiger partial charge in [0, 0.05) is 35.3 Å². The minimum absolute atomic E-state index is 0.0994. The number of ether oxygens (including phenoxy) is 2. The second-order valence-corrected chi connectivity index (χ2v) is 13.6. The predicted molar refractivity (Wildman–Crippen MR) is 148 cm³/mol. The topological polar surface area (TPSA) is 107 Å². The molecular formula is C27H41N3O5S2. The predicted octanol–water partition coefficient (Wildman–Crippen LogP) is 6.23. The number of sulfonamides is 1. The van der Waals surface area contributed by atoms with E-state index in [2.05, 4.69) is 21.9 Å². The van der Waals surface area contributed by atoms with Crippen molar-refractivity contribution in [3.8, 4) is 16.2 Å². The molecule has 2 N–H and O–H groups in total.